The van der Waals surface area contributed by atoms with E-state index in [4.69, 9.17) is 9.84 Å². The molecular weight excluding hydrogens is 370 g/mol. The van der Waals surface area contributed by atoms with Crippen molar-refractivity contribution < 1.29 is 24.9 Å². The van der Waals surface area contributed by atoms with Gasteiger partial charge in [-0.05, 0) is 49.8 Å². The van der Waals surface area contributed by atoms with Crippen LogP contribution in [-0.4, -0.2) is 46.1 Å². The molecule has 0 fully saturated rings. The number of rotatable bonds is 4. The Hall–Kier alpha value is -2.05. The second-order valence-corrected chi connectivity index (χ2v) is 9.79. The average Bonchev–Trinajstić information content (AvgIpc) is 2.63. The minimum absolute atomic E-state index is 0.00610. The molecule has 1 aliphatic carbocycles. The van der Waals surface area contributed by atoms with Crippen molar-refractivity contribution in [3.8, 4) is 11.5 Å². The average molecular weight is 404 g/mol. The number of aromatic hydroxyl groups is 1. The predicted molar refractivity (Wildman–Crippen MR) is 111 cm³/mol. The molecule has 1 aromatic rings. The van der Waals surface area contributed by atoms with E-state index < -0.39 is 18.3 Å². The molecule has 6 nitrogen and oxygen atoms in total. The second kappa shape index (κ2) is 7.65. The van der Waals surface area contributed by atoms with Gasteiger partial charge in [-0.2, -0.15) is 0 Å². The molecule has 0 bridgehead atoms. The van der Waals surface area contributed by atoms with E-state index in [0.717, 1.165) is 11.1 Å². The fourth-order valence-electron chi connectivity index (χ4n) is 4.40. The number of hydrogen-bond acceptors (Lipinski definition) is 5. The summed E-state index contributed by atoms with van der Waals surface area (Å²) in [5.74, 6) is 0.777. The molecule has 0 saturated carbocycles. The van der Waals surface area contributed by atoms with Crippen molar-refractivity contribution >= 4 is 5.91 Å². The maximum Gasteiger partial charge on any atom is 0.246 e. The SMILES string of the molecule is CC(C)(C)c1cc(O)c2c(c1)OC(C)(C)[C@@H]1CC=C(C(=O)NCC(O)CO)C[C@@H]21. The molecule has 1 aromatic carbocycles. The summed E-state index contributed by atoms with van der Waals surface area (Å²) in [6.45, 7) is 10.0. The highest BCUT2D eigenvalue weighted by Crippen LogP contribution is 2.54. The van der Waals surface area contributed by atoms with Crippen LogP contribution in [-0.2, 0) is 10.2 Å². The number of benzene rings is 1. The van der Waals surface area contributed by atoms with Crippen LogP contribution in [0.25, 0.3) is 0 Å². The number of phenolic OH excluding ortho intramolecular Hbond substituents is 1. The Morgan fingerprint density at radius 3 is 2.66 bits per heavy atom. The summed E-state index contributed by atoms with van der Waals surface area (Å²) >= 11 is 0. The first-order valence-corrected chi connectivity index (χ1v) is 10.3. The molecule has 3 atom stereocenters. The Kier molecular flexibility index (Phi) is 5.71. The van der Waals surface area contributed by atoms with E-state index in [-0.39, 0.29) is 35.5 Å². The number of carbonyl (C=O) groups excluding carboxylic acids is 1. The monoisotopic (exact) mass is 403 g/mol. The lowest BCUT2D eigenvalue weighted by Crippen LogP contribution is -2.46. The van der Waals surface area contributed by atoms with Crippen molar-refractivity contribution in [2.75, 3.05) is 13.2 Å². The number of amides is 1. The summed E-state index contributed by atoms with van der Waals surface area (Å²) in [5.41, 5.74) is 1.87. The van der Waals surface area contributed by atoms with E-state index in [9.17, 15) is 15.0 Å². The van der Waals surface area contributed by atoms with Crippen molar-refractivity contribution in [3.63, 3.8) is 0 Å². The summed E-state index contributed by atoms with van der Waals surface area (Å²) in [4.78, 5) is 12.6. The molecule has 3 rings (SSSR count). The highest BCUT2D eigenvalue weighted by atomic mass is 16.5. The molecule has 0 aromatic heterocycles. The van der Waals surface area contributed by atoms with Crippen LogP contribution >= 0.6 is 0 Å². The number of hydrogen-bond donors (Lipinski definition) is 4. The van der Waals surface area contributed by atoms with Crippen LogP contribution in [0.1, 0.15) is 64.5 Å². The van der Waals surface area contributed by atoms with Gasteiger partial charge in [-0.25, -0.2) is 0 Å². The zero-order chi connectivity index (χ0) is 21.6. The van der Waals surface area contributed by atoms with Crippen molar-refractivity contribution in [1.82, 2.24) is 5.32 Å². The van der Waals surface area contributed by atoms with Crippen LogP contribution in [0.3, 0.4) is 0 Å². The Bertz CT molecular complexity index is 821. The minimum Gasteiger partial charge on any atom is -0.508 e. The van der Waals surface area contributed by atoms with Crippen LogP contribution in [0.2, 0.25) is 0 Å². The van der Waals surface area contributed by atoms with Crippen molar-refractivity contribution in [1.29, 1.82) is 0 Å². The number of ether oxygens (including phenoxy) is 1. The van der Waals surface area contributed by atoms with Gasteiger partial charge < -0.3 is 25.4 Å². The zero-order valence-electron chi connectivity index (χ0n) is 18.0. The van der Waals surface area contributed by atoms with Crippen LogP contribution in [0.4, 0.5) is 0 Å². The molecule has 1 amide bonds. The summed E-state index contributed by atoms with van der Waals surface area (Å²) in [6.07, 6.45) is 2.12. The van der Waals surface area contributed by atoms with Crippen molar-refractivity contribution in [3.05, 3.63) is 34.9 Å². The molecule has 0 saturated heterocycles. The Balaban J connectivity index is 1.93. The van der Waals surface area contributed by atoms with E-state index in [1.165, 1.54) is 0 Å². The maximum atomic E-state index is 12.6. The normalized spacial score (nSPS) is 23.9. The lowest BCUT2D eigenvalue weighted by Gasteiger charge is -2.47. The maximum absolute atomic E-state index is 12.6. The van der Waals surface area contributed by atoms with Gasteiger partial charge in [0.15, 0.2) is 0 Å². The fraction of sp³-hybridized carbons (Fsp3) is 0.609. The third-order valence-corrected chi connectivity index (χ3v) is 6.17. The lowest BCUT2D eigenvalue weighted by atomic mass is 9.66. The molecule has 1 heterocycles. The molecule has 1 aliphatic heterocycles. The van der Waals surface area contributed by atoms with Gasteiger partial charge in [0.25, 0.3) is 0 Å². The number of aliphatic hydroxyl groups is 2. The molecule has 2 aliphatic rings. The van der Waals surface area contributed by atoms with Crippen LogP contribution < -0.4 is 10.1 Å². The number of phenols is 1. The van der Waals surface area contributed by atoms with Crippen LogP contribution in [0.5, 0.6) is 11.5 Å². The summed E-state index contributed by atoms with van der Waals surface area (Å²) in [6, 6.07) is 3.83. The second-order valence-electron chi connectivity index (χ2n) is 9.79. The fourth-order valence-corrected chi connectivity index (χ4v) is 4.40. The number of allylic oxidation sites excluding steroid dienone is 1. The van der Waals surface area contributed by atoms with E-state index in [1.54, 1.807) is 0 Å². The van der Waals surface area contributed by atoms with Gasteiger partial charge in [-0.15, -0.1) is 0 Å². The van der Waals surface area contributed by atoms with Crippen LogP contribution in [0, 0.1) is 5.92 Å². The van der Waals surface area contributed by atoms with Gasteiger partial charge >= 0.3 is 0 Å². The number of carbonyl (C=O) groups is 1. The lowest BCUT2D eigenvalue weighted by molar-refractivity contribution is -0.118. The Morgan fingerprint density at radius 2 is 2.03 bits per heavy atom. The first-order valence-electron chi connectivity index (χ1n) is 10.3. The highest BCUT2D eigenvalue weighted by Gasteiger charge is 2.47. The molecule has 29 heavy (non-hydrogen) atoms. The van der Waals surface area contributed by atoms with E-state index >= 15 is 0 Å². The van der Waals surface area contributed by atoms with Gasteiger partial charge in [0.1, 0.15) is 17.1 Å². The van der Waals surface area contributed by atoms with Gasteiger partial charge in [0.2, 0.25) is 5.91 Å². The molecule has 160 valence electrons. The van der Waals surface area contributed by atoms with Gasteiger partial charge in [-0.3, -0.25) is 4.79 Å². The molecule has 0 radical (unpaired) electrons. The zero-order valence-corrected chi connectivity index (χ0v) is 18.0. The number of fused-ring (bicyclic) bond motifs is 3. The number of aliphatic hydroxyl groups excluding tert-OH is 2. The topological polar surface area (TPSA) is 99.0 Å². The van der Waals surface area contributed by atoms with Gasteiger partial charge in [0.05, 0.1) is 12.7 Å². The van der Waals surface area contributed by atoms with Gasteiger partial charge in [0, 0.05) is 29.5 Å². The largest absolute Gasteiger partial charge is 0.508 e. The minimum atomic E-state index is -0.974. The van der Waals surface area contributed by atoms with Crippen LogP contribution in [0.15, 0.2) is 23.8 Å². The first-order chi connectivity index (χ1) is 13.4. The Labute approximate surface area is 172 Å². The third kappa shape index (κ3) is 4.28. The predicted octanol–water partition coefficient (Wildman–Crippen LogP) is 2.75. The molecule has 0 spiro atoms. The summed E-state index contributed by atoms with van der Waals surface area (Å²) in [5, 5.41) is 32.0. The molecule has 6 heteroatoms. The highest BCUT2D eigenvalue weighted by molar-refractivity contribution is 5.93. The molecule has 4 N–H and O–H groups in total. The molecular formula is C23H33NO5. The first kappa shape index (κ1) is 21.7. The standard InChI is InChI=1S/C23H33NO5/c1-22(2,3)14-9-18(27)20-16-8-13(21(28)24-11-15(26)12-25)6-7-17(16)23(4,5)29-19(20)10-14/h6,9-10,15-17,25-27H,7-8,11-12H2,1-5H3,(H,24,28)/t15?,16-,17-/m1/s1. The Morgan fingerprint density at radius 1 is 1.34 bits per heavy atom. The smallest absolute Gasteiger partial charge is 0.246 e. The van der Waals surface area contributed by atoms with E-state index in [0.29, 0.717) is 24.2 Å². The quantitative estimate of drug-likeness (QED) is 0.620. The van der Waals surface area contributed by atoms with Crippen molar-refractivity contribution in [2.45, 2.75) is 70.5 Å². The van der Waals surface area contributed by atoms with Gasteiger partial charge in [-0.1, -0.05) is 26.8 Å². The third-order valence-electron chi connectivity index (χ3n) is 6.17. The molecule has 1 unspecified atom stereocenters. The van der Waals surface area contributed by atoms with Crippen molar-refractivity contribution in [2.24, 2.45) is 5.92 Å². The number of nitrogens with one attached hydrogen (secondary N) is 1. The summed E-state index contributed by atoms with van der Waals surface area (Å²) in [7, 11) is 0. The van der Waals surface area contributed by atoms with E-state index in [1.807, 2.05) is 18.2 Å². The summed E-state index contributed by atoms with van der Waals surface area (Å²) < 4.78 is 6.34. The van der Waals surface area contributed by atoms with E-state index in [2.05, 4.69) is 39.9 Å².